The Morgan fingerprint density at radius 3 is 2.85 bits per heavy atom. The fourth-order valence-electron chi connectivity index (χ4n) is 3.40. The van der Waals surface area contributed by atoms with E-state index >= 15 is 0 Å². The van der Waals surface area contributed by atoms with Crippen molar-refractivity contribution in [1.82, 2.24) is 30.4 Å². The summed E-state index contributed by atoms with van der Waals surface area (Å²) >= 11 is 0. The summed E-state index contributed by atoms with van der Waals surface area (Å²) in [4.78, 5) is 21.0. The Hall–Kier alpha value is -2.87. The molecule has 1 saturated heterocycles. The zero-order chi connectivity index (χ0) is 18.6. The fraction of sp³-hybridized carbons (Fsp3) is 0.368. The number of halogens is 1. The number of amides is 1. The molecule has 0 bridgehead atoms. The van der Waals surface area contributed by atoms with Gasteiger partial charge >= 0.3 is 0 Å². The van der Waals surface area contributed by atoms with Crippen LogP contribution in [0.4, 0.5) is 4.39 Å². The number of hydrogen-bond acceptors (Lipinski definition) is 5. The maximum absolute atomic E-state index is 12.9. The topological polar surface area (TPSA) is 84.7 Å². The van der Waals surface area contributed by atoms with Crippen LogP contribution in [0.25, 0.3) is 11.2 Å². The minimum atomic E-state index is -0.306. The lowest BCUT2D eigenvalue weighted by atomic mass is 10.0. The van der Waals surface area contributed by atoms with Crippen molar-refractivity contribution in [3.05, 3.63) is 53.7 Å². The minimum Gasteiger partial charge on any atom is -0.354 e. The molecule has 1 aliphatic heterocycles. The number of nitrogens with one attached hydrogen (secondary N) is 2. The summed E-state index contributed by atoms with van der Waals surface area (Å²) in [6.45, 7) is 2.84. The van der Waals surface area contributed by atoms with Crippen molar-refractivity contribution in [2.45, 2.75) is 25.3 Å². The van der Waals surface area contributed by atoms with Crippen molar-refractivity contribution < 1.29 is 9.18 Å². The van der Waals surface area contributed by atoms with E-state index in [1.54, 1.807) is 24.5 Å². The third-order valence-corrected chi connectivity index (χ3v) is 4.77. The van der Waals surface area contributed by atoms with Crippen molar-refractivity contribution >= 4 is 17.1 Å². The predicted molar refractivity (Wildman–Crippen MR) is 98.7 cm³/mol. The highest BCUT2D eigenvalue weighted by atomic mass is 19.1. The van der Waals surface area contributed by atoms with Crippen molar-refractivity contribution in [2.24, 2.45) is 0 Å². The van der Waals surface area contributed by atoms with Crippen LogP contribution in [0.3, 0.4) is 0 Å². The van der Waals surface area contributed by atoms with Crippen LogP contribution in [-0.4, -0.2) is 45.3 Å². The van der Waals surface area contributed by atoms with Gasteiger partial charge in [0.2, 0.25) is 5.91 Å². The number of aromatic nitrogens is 4. The number of carbonyl (C=O) groups excluding carboxylic acids is 1. The molecular weight excluding hydrogens is 347 g/mol. The maximum Gasteiger partial charge on any atom is 0.224 e. The number of fused-ring (bicyclic) bond motifs is 1. The molecule has 0 radical (unpaired) electrons. The van der Waals surface area contributed by atoms with Crippen LogP contribution in [0, 0.1) is 5.82 Å². The molecule has 0 aliphatic carbocycles. The lowest BCUT2D eigenvalue weighted by Gasteiger charge is -2.06. The van der Waals surface area contributed by atoms with Crippen molar-refractivity contribution in [1.29, 1.82) is 0 Å². The Kier molecular flexibility index (Phi) is 5.06. The van der Waals surface area contributed by atoms with E-state index in [1.807, 2.05) is 4.68 Å². The van der Waals surface area contributed by atoms with E-state index in [-0.39, 0.29) is 18.1 Å². The Balaban J connectivity index is 1.40. The van der Waals surface area contributed by atoms with Crippen LogP contribution in [0.15, 0.2) is 36.7 Å². The summed E-state index contributed by atoms with van der Waals surface area (Å²) in [5.41, 5.74) is 3.33. The lowest BCUT2D eigenvalue weighted by Crippen LogP contribution is -2.29. The smallest absolute Gasteiger partial charge is 0.224 e. The van der Waals surface area contributed by atoms with Gasteiger partial charge in [0.15, 0.2) is 5.65 Å². The molecule has 1 aromatic carbocycles. The summed E-state index contributed by atoms with van der Waals surface area (Å²) in [5, 5.41) is 11.0. The van der Waals surface area contributed by atoms with Crippen molar-refractivity contribution in [3.8, 4) is 0 Å². The summed E-state index contributed by atoms with van der Waals surface area (Å²) in [5.74, 6) is -0.0676. The zero-order valence-corrected chi connectivity index (χ0v) is 14.9. The number of hydrogen-bond donors (Lipinski definition) is 2. The summed E-state index contributed by atoms with van der Waals surface area (Å²) in [6.07, 6.45) is 4.60. The first-order valence-corrected chi connectivity index (χ1v) is 9.10. The van der Waals surface area contributed by atoms with Crippen LogP contribution in [-0.2, 0) is 17.8 Å². The summed E-state index contributed by atoms with van der Waals surface area (Å²) in [7, 11) is 0. The molecule has 0 unspecified atom stereocenters. The van der Waals surface area contributed by atoms with Gasteiger partial charge in [-0.3, -0.25) is 4.79 Å². The van der Waals surface area contributed by atoms with Gasteiger partial charge in [0.1, 0.15) is 11.3 Å². The van der Waals surface area contributed by atoms with E-state index in [1.165, 1.54) is 12.1 Å². The minimum absolute atomic E-state index is 0.107. The van der Waals surface area contributed by atoms with Gasteiger partial charge in [0.05, 0.1) is 18.7 Å². The molecule has 8 heteroatoms. The Morgan fingerprint density at radius 2 is 2.07 bits per heavy atom. The quantitative estimate of drug-likeness (QED) is 0.687. The highest BCUT2D eigenvalue weighted by Crippen LogP contribution is 2.26. The second kappa shape index (κ2) is 7.79. The van der Waals surface area contributed by atoms with Crippen LogP contribution in [0.5, 0.6) is 0 Å². The van der Waals surface area contributed by atoms with E-state index in [0.29, 0.717) is 19.0 Å². The fourth-order valence-corrected chi connectivity index (χ4v) is 3.40. The Morgan fingerprint density at radius 1 is 1.26 bits per heavy atom. The molecule has 3 aromatic rings. The summed E-state index contributed by atoms with van der Waals surface area (Å²) in [6, 6.07) is 5.95. The first kappa shape index (κ1) is 17.5. The average Bonchev–Trinajstić information content (AvgIpc) is 3.32. The third-order valence-electron chi connectivity index (χ3n) is 4.77. The van der Waals surface area contributed by atoms with Gasteiger partial charge < -0.3 is 10.6 Å². The monoisotopic (exact) mass is 368 g/mol. The van der Waals surface area contributed by atoms with Gasteiger partial charge in [0.25, 0.3) is 0 Å². The molecule has 2 aromatic heterocycles. The standard InChI is InChI=1S/C19H21FN6O/c20-15-3-1-13(2-4-15)11-16(27)22-9-10-26-19-18(23-7-8-24-19)17(25-26)14-5-6-21-12-14/h1-4,7-8,14,21H,5-6,9-12H2,(H,22,27)/t14-/m0/s1. The maximum atomic E-state index is 12.9. The van der Waals surface area contributed by atoms with Crippen LogP contribution >= 0.6 is 0 Å². The molecule has 0 spiro atoms. The molecule has 1 amide bonds. The normalized spacial score (nSPS) is 16.7. The Labute approximate surface area is 156 Å². The highest BCUT2D eigenvalue weighted by molar-refractivity contribution is 5.78. The van der Waals surface area contributed by atoms with E-state index in [4.69, 9.17) is 5.10 Å². The van der Waals surface area contributed by atoms with Crippen LogP contribution in [0.2, 0.25) is 0 Å². The second-order valence-electron chi connectivity index (χ2n) is 6.68. The van der Waals surface area contributed by atoms with Gasteiger partial charge in [0, 0.05) is 31.4 Å². The van der Waals surface area contributed by atoms with Gasteiger partial charge in [-0.1, -0.05) is 12.1 Å². The molecule has 27 heavy (non-hydrogen) atoms. The largest absolute Gasteiger partial charge is 0.354 e. The molecule has 1 aliphatic rings. The first-order valence-electron chi connectivity index (χ1n) is 9.10. The van der Waals surface area contributed by atoms with Crippen LogP contribution in [0.1, 0.15) is 23.6 Å². The first-order chi connectivity index (χ1) is 13.2. The average molecular weight is 368 g/mol. The van der Waals surface area contributed by atoms with Gasteiger partial charge in [-0.25, -0.2) is 19.0 Å². The van der Waals surface area contributed by atoms with E-state index < -0.39 is 0 Å². The molecule has 4 rings (SSSR count). The van der Waals surface area contributed by atoms with Crippen molar-refractivity contribution in [3.63, 3.8) is 0 Å². The van der Waals surface area contributed by atoms with E-state index in [0.717, 1.165) is 41.9 Å². The molecule has 3 heterocycles. The van der Waals surface area contributed by atoms with Gasteiger partial charge in [-0.05, 0) is 30.7 Å². The molecule has 0 saturated carbocycles. The molecular formula is C19H21FN6O. The number of carbonyl (C=O) groups is 1. The van der Waals surface area contributed by atoms with Gasteiger partial charge in [-0.2, -0.15) is 5.10 Å². The number of nitrogens with zero attached hydrogens (tertiary/aromatic N) is 4. The van der Waals surface area contributed by atoms with E-state index in [2.05, 4.69) is 20.6 Å². The molecule has 2 N–H and O–H groups in total. The Bertz CT molecular complexity index is 933. The van der Waals surface area contributed by atoms with Crippen molar-refractivity contribution in [2.75, 3.05) is 19.6 Å². The zero-order valence-electron chi connectivity index (χ0n) is 14.9. The van der Waals surface area contributed by atoms with Crippen LogP contribution < -0.4 is 10.6 Å². The number of benzene rings is 1. The van der Waals surface area contributed by atoms with E-state index in [9.17, 15) is 9.18 Å². The number of rotatable bonds is 6. The molecule has 7 nitrogen and oxygen atoms in total. The highest BCUT2D eigenvalue weighted by Gasteiger charge is 2.24. The lowest BCUT2D eigenvalue weighted by molar-refractivity contribution is -0.120. The van der Waals surface area contributed by atoms with Gasteiger partial charge in [-0.15, -0.1) is 0 Å². The predicted octanol–water partition coefficient (Wildman–Crippen LogP) is 1.40. The third kappa shape index (κ3) is 3.95. The molecule has 1 atom stereocenters. The second-order valence-corrected chi connectivity index (χ2v) is 6.68. The summed E-state index contributed by atoms with van der Waals surface area (Å²) < 4.78 is 14.7. The molecule has 1 fully saturated rings. The SMILES string of the molecule is O=C(Cc1ccc(F)cc1)NCCn1nc([C@H]2CCNC2)c2nccnc21. The molecule has 140 valence electrons.